The maximum Gasteiger partial charge on any atom is 0.123 e. The number of nitrogens with one attached hydrogen (secondary N) is 1. The number of halogens is 1. The molecule has 0 spiro atoms. The Bertz CT molecular complexity index is 458. The van der Waals surface area contributed by atoms with Gasteiger partial charge in [0.2, 0.25) is 0 Å². The summed E-state index contributed by atoms with van der Waals surface area (Å²) >= 11 is 3.47. The highest BCUT2D eigenvalue weighted by atomic mass is 79.9. The molecule has 0 saturated heterocycles. The predicted molar refractivity (Wildman–Crippen MR) is 81.8 cm³/mol. The molecule has 0 atom stereocenters. The van der Waals surface area contributed by atoms with Crippen molar-refractivity contribution in [2.45, 2.75) is 31.7 Å². The number of aliphatic hydroxyl groups is 1. The zero-order valence-electron chi connectivity index (χ0n) is 10.9. The number of anilines is 1. The Morgan fingerprint density at radius 3 is 2.63 bits per heavy atom. The van der Waals surface area contributed by atoms with Gasteiger partial charge in [-0.2, -0.15) is 0 Å². The molecule has 0 amide bonds. The first kappa shape index (κ1) is 14.3. The van der Waals surface area contributed by atoms with E-state index in [0.29, 0.717) is 18.2 Å². The predicted octanol–water partition coefficient (Wildman–Crippen LogP) is 2.47. The van der Waals surface area contributed by atoms with Crippen LogP contribution in [0, 0.1) is 5.41 Å². The van der Waals surface area contributed by atoms with Gasteiger partial charge in [-0.1, -0.05) is 12.8 Å². The second-order valence-corrected chi connectivity index (χ2v) is 5.79. The smallest absolute Gasteiger partial charge is 0.123 e. The van der Waals surface area contributed by atoms with Crippen LogP contribution in [-0.4, -0.2) is 30.1 Å². The Morgan fingerprint density at radius 2 is 2.11 bits per heavy atom. The monoisotopic (exact) mass is 325 g/mol. The van der Waals surface area contributed by atoms with Crippen LogP contribution in [-0.2, 0) is 0 Å². The van der Waals surface area contributed by atoms with Crippen molar-refractivity contribution in [3.8, 4) is 0 Å². The van der Waals surface area contributed by atoms with E-state index >= 15 is 0 Å². The zero-order chi connectivity index (χ0) is 13.8. The largest absolute Gasteiger partial charge is 0.395 e. The van der Waals surface area contributed by atoms with Crippen LogP contribution in [0.4, 0.5) is 5.69 Å². The number of aliphatic hydroxyl groups excluding tert-OH is 1. The molecule has 1 aliphatic carbocycles. The van der Waals surface area contributed by atoms with Crippen molar-refractivity contribution < 1.29 is 5.11 Å². The van der Waals surface area contributed by atoms with Gasteiger partial charge in [0.05, 0.1) is 6.61 Å². The molecular weight excluding hydrogens is 306 g/mol. The van der Waals surface area contributed by atoms with Crippen molar-refractivity contribution in [3.63, 3.8) is 0 Å². The van der Waals surface area contributed by atoms with E-state index in [-0.39, 0.29) is 12.4 Å². The van der Waals surface area contributed by atoms with Gasteiger partial charge in [-0.3, -0.25) is 5.41 Å². The number of nitrogens with two attached hydrogens (primary N) is 1. The van der Waals surface area contributed by atoms with E-state index in [0.717, 1.165) is 10.2 Å². The second-order valence-electron chi connectivity index (χ2n) is 4.93. The minimum absolute atomic E-state index is 0.0630. The number of benzene rings is 1. The molecule has 4 nitrogen and oxygen atoms in total. The molecule has 19 heavy (non-hydrogen) atoms. The SMILES string of the molecule is N=C(N)c1ccc(N(CCO)C2CCCC2)cc1Br. The van der Waals surface area contributed by atoms with Crippen LogP contribution in [0.25, 0.3) is 0 Å². The molecule has 0 unspecified atom stereocenters. The number of amidine groups is 1. The highest BCUT2D eigenvalue weighted by Gasteiger charge is 2.23. The summed E-state index contributed by atoms with van der Waals surface area (Å²) in [6.07, 6.45) is 4.90. The van der Waals surface area contributed by atoms with Crippen molar-refractivity contribution >= 4 is 27.5 Å². The maximum atomic E-state index is 9.26. The van der Waals surface area contributed by atoms with Gasteiger partial charge in [0.25, 0.3) is 0 Å². The first-order valence-electron chi connectivity index (χ1n) is 6.65. The molecule has 1 aromatic rings. The summed E-state index contributed by atoms with van der Waals surface area (Å²) in [4.78, 5) is 2.27. The lowest BCUT2D eigenvalue weighted by atomic mass is 10.1. The van der Waals surface area contributed by atoms with Gasteiger partial charge >= 0.3 is 0 Å². The van der Waals surface area contributed by atoms with Crippen molar-refractivity contribution in [3.05, 3.63) is 28.2 Å². The third-order valence-electron chi connectivity index (χ3n) is 3.68. The highest BCUT2D eigenvalue weighted by Crippen LogP contribution is 2.30. The molecule has 0 radical (unpaired) electrons. The van der Waals surface area contributed by atoms with Crippen LogP contribution < -0.4 is 10.6 Å². The Morgan fingerprint density at radius 1 is 1.42 bits per heavy atom. The van der Waals surface area contributed by atoms with Crippen molar-refractivity contribution in [2.75, 3.05) is 18.1 Å². The summed E-state index contributed by atoms with van der Waals surface area (Å²) in [7, 11) is 0. The normalized spacial score (nSPS) is 15.7. The number of rotatable bonds is 5. The molecule has 1 saturated carbocycles. The van der Waals surface area contributed by atoms with Gasteiger partial charge in [0.1, 0.15) is 5.84 Å². The van der Waals surface area contributed by atoms with Crippen LogP contribution in [0.3, 0.4) is 0 Å². The van der Waals surface area contributed by atoms with E-state index in [1.54, 1.807) is 0 Å². The van der Waals surface area contributed by atoms with E-state index in [4.69, 9.17) is 11.1 Å². The van der Waals surface area contributed by atoms with Crippen LogP contribution in [0.2, 0.25) is 0 Å². The van der Waals surface area contributed by atoms with Crippen molar-refractivity contribution in [1.82, 2.24) is 0 Å². The van der Waals surface area contributed by atoms with E-state index in [2.05, 4.69) is 20.8 Å². The van der Waals surface area contributed by atoms with Gasteiger partial charge in [0.15, 0.2) is 0 Å². The Hall–Kier alpha value is -1.07. The van der Waals surface area contributed by atoms with Gasteiger partial charge in [-0.25, -0.2) is 0 Å². The summed E-state index contributed by atoms with van der Waals surface area (Å²) in [6, 6.07) is 6.35. The van der Waals surface area contributed by atoms with Crippen molar-refractivity contribution in [1.29, 1.82) is 5.41 Å². The Labute approximate surface area is 122 Å². The molecule has 0 aromatic heterocycles. The maximum absolute atomic E-state index is 9.26. The molecule has 0 bridgehead atoms. The molecule has 2 rings (SSSR count). The van der Waals surface area contributed by atoms with E-state index in [1.165, 1.54) is 25.7 Å². The lowest BCUT2D eigenvalue weighted by Gasteiger charge is -2.31. The van der Waals surface area contributed by atoms with Gasteiger partial charge in [-0.15, -0.1) is 0 Å². The third-order valence-corrected chi connectivity index (χ3v) is 4.34. The molecule has 0 heterocycles. The molecule has 1 fully saturated rings. The number of nitrogens with zero attached hydrogens (tertiary/aromatic N) is 1. The van der Waals surface area contributed by atoms with Gasteiger partial charge in [-0.05, 0) is 47.0 Å². The fourth-order valence-electron chi connectivity index (χ4n) is 2.75. The lowest BCUT2D eigenvalue weighted by molar-refractivity contribution is 0.297. The average Bonchev–Trinajstić information content (AvgIpc) is 2.89. The third kappa shape index (κ3) is 3.28. The standard InChI is InChI=1S/C14H20BrN3O/c15-13-9-11(5-6-12(13)14(16)17)18(7-8-19)10-3-1-2-4-10/h5-6,9-10,19H,1-4,7-8H2,(H3,16,17). The Balaban J connectivity index is 2.26. The van der Waals surface area contributed by atoms with Crippen LogP contribution in [0.5, 0.6) is 0 Å². The number of nitrogen functional groups attached to an aromatic ring is 1. The molecular formula is C14H20BrN3O. The fourth-order valence-corrected chi connectivity index (χ4v) is 3.33. The van der Waals surface area contributed by atoms with Crippen LogP contribution in [0.1, 0.15) is 31.2 Å². The highest BCUT2D eigenvalue weighted by molar-refractivity contribution is 9.10. The Kier molecular flexibility index (Phi) is 4.82. The molecule has 4 N–H and O–H groups in total. The first-order chi connectivity index (χ1) is 9.13. The van der Waals surface area contributed by atoms with Crippen molar-refractivity contribution in [2.24, 2.45) is 5.73 Å². The minimum atomic E-state index is 0.0630. The molecule has 0 aliphatic heterocycles. The van der Waals surface area contributed by atoms with E-state index in [1.807, 2.05) is 18.2 Å². The summed E-state index contributed by atoms with van der Waals surface area (Å²) in [6.45, 7) is 0.805. The molecule has 1 aliphatic rings. The van der Waals surface area contributed by atoms with E-state index < -0.39 is 0 Å². The van der Waals surface area contributed by atoms with Crippen LogP contribution in [0.15, 0.2) is 22.7 Å². The first-order valence-corrected chi connectivity index (χ1v) is 7.44. The number of hydrogen-bond donors (Lipinski definition) is 3. The average molecular weight is 326 g/mol. The summed E-state index contributed by atoms with van der Waals surface area (Å²) in [5, 5.41) is 16.8. The summed E-state index contributed by atoms with van der Waals surface area (Å²) in [5.74, 6) is 0.0630. The zero-order valence-corrected chi connectivity index (χ0v) is 12.5. The second kappa shape index (κ2) is 6.39. The molecule has 5 heteroatoms. The number of hydrogen-bond acceptors (Lipinski definition) is 3. The lowest BCUT2D eigenvalue weighted by Crippen LogP contribution is -2.35. The van der Waals surface area contributed by atoms with Crippen LogP contribution >= 0.6 is 15.9 Å². The van der Waals surface area contributed by atoms with Gasteiger partial charge in [0, 0.05) is 28.3 Å². The van der Waals surface area contributed by atoms with E-state index in [9.17, 15) is 5.11 Å². The molecule has 104 valence electrons. The fraction of sp³-hybridized carbons (Fsp3) is 0.500. The quantitative estimate of drug-likeness (QED) is 0.575. The topological polar surface area (TPSA) is 73.3 Å². The van der Waals surface area contributed by atoms with Gasteiger partial charge < -0.3 is 15.7 Å². The molecule has 1 aromatic carbocycles. The summed E-state index contributed by atoms with van der Waals surface area (Å²) < 4.78 is 0.832. The minimum Gasteiger partial charge on any atom is -0.395 e. The summed E-state index contributed by atoms with van der Waals surface area (Å²) in [5.41, 5.74) is 7.31.